The lowest BCUT2D eigenvalue weighted by molar-refractivity contribution is -0.125. The average molecular weight is 523 g/mol. The minimum absolute atomic E-state index is 0.259. The number of aliphatic hydroxyl groups is 1. The SMILES string of the molecule is CC(O)C(NC(=O)OC(C)(C)C)C(=O)NCCCNC1CCCc2c1[nH]c1ccc(Br)cc21. The van der Waals surface area contributed by atoms with Crippen molar-refractivity contribution in [3.63, 3.8) is 0 Å². The van der Waals surface area contributed by atoms with Gasteiger partial charge in [0, 0.05) is 33.7 Å². The zero-order chi connectivity index (χ0) is 24.2. The molecule has 1 aliphatic carbocycles. The molecule has 182 valence electrons. The number of halogens is 1. The maximum atomic E-state index is 12.5. The van der Waals surface area contributed by atoms with Crippen LogP contribution in [0.25, 0.3) is 10.9 Å². The van der Waals surface area contributed by atoms with E-state index in [1.54, 1.807) is 20.8 Å². The van der Waals surface area contributed by atoms with E-state index in [0.29, 0.717) is 6.54 Å². The maximum Gasteiger partial charge on any atom is 0.408 e. The van der Waals surface area contributed by atoms with Crippen molar-refractivity contribution in [3.8, 4) is 0 Å². The van der Waals surface area contributed by atoms with Crippen molar-refractivity contribution in [3.05, 3.63) is 33.9 Å². The maximum absolute atomic E-state index is 12.5. The summed E-state index contributed by atoms with van der Waals surface area (Å²) in [5.74, 6) is -0.433. The van der Waals surface area contributed by atoms with Crippen LogP contribution in [-0.2, 0) is 16.0 Å². The van der Waals surface area contributed by atoms with Gasteiger partial charge in [0.15, 0.2) is 0 Å². The third kappa shape index (κ3) is 6.94. The Bertz CT molecular complexity index is 983. The Labute approximate surface area is 203 Å². The number of aromatic nitrogens is 1. The zero-order valence-corrected chi connectivity index (χ0v) is 21.3. The summed E-state index contributed by atoms with van der Waals surface area (Å²) < 4.78 is 6.26. The number of rotatable bonds is 8. The van der Waals surface area contributed by atoms with Crippen LogP contribution in [0.3, 0.4) is 0 Å². The third-order valence-corrected chi connectivity index (χ3v) is 6.14. The molecule has 0 saturated carbocycles. The molecule has 8 nitrogen and oxygen atoms in total. The molecule has 9 heteroatoms. The molecule has 0 saturated heterocycles. The Morgan fingerprint density at radius 3 is 2.76 bits per heavy atom. The van der Waals surface area contributed by atoms with Gasteiger partial charge in [-0.1, -0.05) is 15.9 Å². The summed E-state index contributed by atoms with van der Waals surface area (Å²) in [5.41, 5.74) is 3.12. The van der Waals surface area contributed by atoms with Gasteiger partial charge in [-0.3, -0.25) is 4.79 Å². The number of ether oxygens (including phenoxy) is 1. The molecule has 5 N–H and O–H groups in total. The predicted octanol–water partition coefficient (Wildman–Crippen LogP) is 3.68. The number of fused-ring (bicyclic) bond motifs is 3. The fraction of sp³-hybridized carbons (Fsp3) is 0.583. The lowest BCUT2D eigenvalue weighted by Crippen LogP contribution is -2.53. The number of hydrogen-bond donors (Lipinski definition) is 5. The number of aliphatic hydroxyl groups excluding tert-OH is 1. The second-order valence-corrected chi connectivity index (χ2v) is 10.5. The summed E-state index contributed by atoms with van der Waals surface area (Å²) >= 11 is 3.57. The number of aryl methyl sites for hydroxylation is 1. The van der Waals surface area contributed by atoms with Gasteiger partial charge in [0.25, 0.3) is 0 Å². The summed E-state index contributed by atoms with van der Waals surface area (Å²) in [6.07, 6.45) is 2.22. The van der Waals surface area contributed by atoms with Crippen molar-refractivity contribution < 1.29 is 19.4 Å². The molecule has 1 heterocycles. The smallest absolute Gasteiger partial charge is 0.408 e. The standard InChI is InChI=1S/C24H35BrN4O4/c1-14(30)20(29-23(32)33-24(2,3)4)22(31)27-12-6-11-26-19-8-5-7-16-17-13-15(25)9-10-18(17)28-21(16)19/h9-10,13-14,19-20,26,28,30H,5-8,11-12H2,1-4H3,(H,27,31)(H,29,32). The van der Waals surface area contributed by atoms with Crippen molar-refractivity contribution in [1.29, 1.82) is 0 Å². The van der Waals surface area contributed by atoms with Crippen LogP contribution in [0.2, 0.25) is 0 Å². The highest BCUT2D eigenvalue weighted by Gasteiger charge is 2.28. The largest absolute Gasteiger partial charge is 0.444 e. The van der Waals surface area contributed by atoms with Crippen molar-refractivity contribution >= 4 is 38.8 Å². The van der Waals surface area contributed by atoms with Crippen LogP contribution in [0.1, 0.15) is 64.3 Å². The van der Waals surface area contributed by atoms with E-state index in [1.165, 1.54) is 23.6 Å². The zero-order valence-electron chi connectivity index (χ0n) is 19.8. The van der Waals surface area contributed by atoms with Gasteiger partial charge in [-0.25, -0.2) is 4.79 Å². The van der Waals surface area contributed by atoms with Crippen LogP contribution in [0.15, 0.2) is 22.7 Å². The van der Waals surface area contributed by atoms with Crippen LogP contribution < -0.4 is 16.0 Å². The van der Waals surface area contributed by atoms with Gasteiger partial charge in [-0.05, 0) is 83.7 Å². The van der Waals surface area contributed by atoms with Gasteiger partial charge in [0.05, 0.1) is 6.10 Å². The molecule has 0 radical (unpaired) electrons. The number of alkyl carbamates (subject to hydrolysis) is 1. The topological polar surface area (TPSA) is 115 Å². The fourth-order valence-electron chi connectivity index (χ4n) is 4.16. The second-order valence-electron chi connectivity index (χ2n) is 9.62. The molecule has 3 unspecified atom stereocenters. The molecule has 0 bridgehead atoms. The first-order valence-corrected chi connectivity index (χ1v) is 12.3. The van der Waals surface area contributed by atoms with E-state index in [9.17, 15) is 14.7 Å². The highest BCUT2D eigenvalue weighted by Crippen LogP contribution is 2.35. The Kier molecular flexibility index (Phi) is 8.42. The van der Waals surface area contributed by atoms with Crippen molar-refractivity contribution in [2.45, 2.75) is 77.2 Å². The lowest BCUT2D eigenvalue weighted by Gasteiger charge is -2.25. The summed E-state index contributed by atoms with van der Waals surface area (Å²) in [6.45, 7) is 7.85. The van der Waals surface area contributed by atoms with E-state index in [-0.39, 0.29) is 6.04 Å². The molecule has 2 amide bonds. The molecule has 0 aliphatic heterocycles. The summed E-state index contributed by atoms with van der Waals surface area (Å²) in [6, 6.07) is 5.52. The Hall–Kier alpha value is -2.10. The van der Waals surface area contributed by atoms with Crippen molar-refractivity contribution in [2.24, 2.45) is 0 Å². The Balaban J connectivity index is 1.47. The van der Waals surface area contributed by atoms with E-state index >= 15 is 0 Å². The van der Waals surface area contributed by atoms with Gasteiger partial charge in [0.2, 0.25) is 5.91 Å². The number of hydrogen-bond acceptors (Lipinski definition) is 5. The molecule has 0 spiro atoms. The first kappa shape index (κ1) is 25.5. The van der Waals surface area contributed by atoms with Crippen LogP contribution in [0.5, 0.6) is 0 Å². The van der Waals surface area contributed by atoms with E-state index in [4.69, 9.17) is 4.74 Å². The first-order chi connectivity index (χ1) is 15.5. The number of carbonyl (C=O) groups excluding carboxylic acids is 2. The van der Waals surface area contributed by atoms with Gasteiger partial charge in [-0.15, -0.1) is 0 Å². The summed E-state index contributed by atoms with van der Waals surface area (Å²) in [4.78, 5) is 28.0. The minimum Gasteiger partial charge on any atom is -0.444 e. The third-order valence-electron chi connectivity index (χ3n) is 5.65. The van der Waals surface area contributed by atoms with Crippen LogP contribution in [-0.4, -0.2) is 52.9 Å². The highest BCUT2D eigenvalue weighted by molar-refractivity contribution is 9.10. The second kappa shape index (κ2) is 10.9. The van der Waals surface area contributed by atoms with E-state index < -0.39 is 29.7 Å². The van der Waals surface area contributed by atoms with E-state index in [1.807, 2.05) is 6.07 Å². The number of aromatic amines is 1. The number of H-pyrrole nitrogens is 1. The Morgan fingerprint density at radius 1 is 1.30 bits per heavy atom. The summed E-state index contributed by atoms with van der Waals surface area (Å²) in [7, 11) is 0. The van der Waals surface area contributed by atoms with Crippen molar-refractivity contribution in [2.75, 3.05) is 13.1 Å². The van der Waals surface area contributed by atoms with E-state index in [2.05, 4.69) is 49.0 Å². The van der Waals surface area contributed by atoms with Gasteiger partial charge in [0.1, 0.15) is 11.6 Å². The molecule has 1 aromatic carbocycles. The molecule has 33 heavy (non-hydrogen) atoms. The average Bonchev–Trinajstić information content (AvgIpc) is 3.09. The number of nitrogens with one attached hydrogen (secondary N) is 4. The number of benzene rings is 1. The molecular formula is C24H35BrN4O4. The molecule has 1 aliphatic rings. The Morgan fingerprint density at radius 2 is 2.06 bits per heavy atom. The summed E-state index contributed by atoms with van der Waals surface area (Å²) in [5, 5.41) is 20.0. The minimum atomic E-state index is -1.07. The number of amides is 2. The van der Waals surface area contributed by atoms with E-state index in [0.717, 1.165) is 42.2 Å². The van der Waals surface area contributed by atoms with Gasteiger partial charge >= 0.3 is 6.09 Å². The molecule has 0 fully saturated rings. The predicted molar refractivity (Wildman–Crippen MR) is 132 cm³/mol. The quantitative estimate of drug-likeness (QED) is 0.339. The molecule has 2 aromatic rings. The highest BCUT2D eigenvalue weighted by atomic mass is 79.9. The van der Waals surface area contributed by atoms with Gasteiger partial charge in [-0.2, -0.15) is 0 Å². The normalized spacial score (nSPS) is 17.8. The molecule has 1 aromatic heterocycles. The van der Waals surface area contributed by atoms with Gasteiger partial charge < -0.3 is 30.8 Å². The van der Waals surface area contributed by atoms with Crippen LogP contribution in [0, 0.1) is 0 Å². The molecule has 3 atom stereocenters. The monoisotopic (exact) mass is 522 g/mol. The van der Waals surface area contributed by atoms with Crippen LogP contribution >= 0.6 is 15.9 Å². The fourth-order valence-corrected chi connectivity index (χ4v) is 4.53. The molecular weight excluding hydrogens is 488 g/mol. The van der Waals surface area contributed by atoms with Crippen molar-refractivity contribution in [1.82, 2.24) is 20.9 Å². The lowest BCUT2D eigenvalue weighted by atomic mass is 9.91. The number of carbonyl (C=O) groups is 2. The van der Waals surface area contributed by atoms with Crippen LogP contribution in [0.4, 0.5) is 4.79 Å². The first-order valence-electron chi connectivity index (χ1n) is 11.5. The molecule has 3 rings (SSSR count).